The largest absolute Gasteiger partial charge is 0.444 e. The summed E-state index contributed by atoms with van der Waals surface area (Å²) in [5.74, 6) is 2.12. The Kier molecular flexibility index (Phi) is 4.22. The number of ether oxygens (including phenoxy) is 1. The van der Waals surface area contributed by atoms with Crippen LogP contribution in [0.5, 0.6) is 0 Å². The number of carbonyl (C=O) groups excluding carboxylic acids is 1. The topological polar surface area (TPSA) is 38.3 Å². The van der Waals surface area contributed by atoms with E-state index in [1.165, 1.54) is 12.8 Å². The van der Waals surface area contributed by atoms with Crippen LogP contribution in [0.3, 0.4) is 0 Å². The lowest BCUT2D eigenvalue weighted by Gasteiger charge is -2.21. The molecule has 3 unspecified atom stereocenters. The minimum atomic E-state index is -0.404. The standard InChI is InChI=1S/C13H25NO2/c1-9-6-10(2)11(7-9)8-14-12(15)16-13(3,4)5/h9-11H,6-8H2,1-5H3,(H,14,15). The van der Waals surface area contributed by atoms with E-state index >= 15 is 0 Å². The van der Waals surface area contributed by atoms with Crippen molar-refractivity contribution >= 4 is 6.09 Å². The molecule has 0 radical (unpaired) electrons. The Morgan fingerprint density at radius 2 is 1.94 bits per heavy atom. The molecular formula is C13H25NO2. The van der Waals surface area contributed by atoms with E-state index < -0.39 is 5.60 Å². The second-order valence-electron chi connectivity index (χ2n) is 6.20. The number of hydrogen-bond acceptors (Lipinski definition) is 2. The molecular weight excluding hydrogens is 202 g/mol. The normalized spacial score (nSPS) is 30.2. The van der Waals surface area contributed by atoms with Gasteiger partial charge in [0, 0.05) is 6.54 Å². The zero-order chi connectivity index (χ0) is 12.3. The van der Waals surface area contributed by atoms with Crippen LogP contribution in [0.25, 0.3) is 0 Å². The fourth-order valence-corrected chi connectivity index (χ4v) is 2.49. The van der Waals surface area contributed by atoms with Gasteiger partial charge in [-0.1, -0.05) is 13.8 Å². The molecule has 0 aromatic heterocycles. The number of rotatable bonds is 2. The highest BCUT2D eigenvalue weighted by atomic mass is 16.6. The molecule has 1 fully saturated rings. The first-order chi connectivity index (χ1) is 7.28. The molecule has 0 saturated heterocycles. The molecule has 3 heteroatoms. The Labute approximate surface area is 98.9 Å². The van der Waals surface area contributed by atoms with E-state index in [4.69, 9.17) is 4.74 Å². The lowest BCUT2D eigenvalue weighted by Crippen LogP contribution is -2.35. The first kappa shape index (κ1) is 13.3. The van der Waals surface area contributed by atoms with Crippen LogP contribution in [0.4, 0.5) is 4.79 Å². The van der Waals surface area contributed by atoms with Gasteiger partial charge in [0.15, 0.2) is 0 Å². The van der Waals surface area contributed by atoms with E-state index in [1.54, 1.807) is 0 Å². The molecule has 3 nitrogen and oxygen atoms in total. The van der Waals surface area contributed by atoms with Gasteiger partial charge in [-0.3, -0.25) is 0 Å². The highest BCUT2D eigenvalue weighted by Crippen LogP contribution is 2.35. The summed E-state index contributed by atoms with van der Waals surface area (Å²) < 4.78 is 5.21. The van der Waals surface area contributed by atoms with Gasteiger partial charge in [0.2, 0.25) is 0 Å². The molecule has 0 heterocycles. The number of nitrogens with one attached hydrogen (secondary N) is 1. The van der Waals surface area contributed by atoms with Crippen molar-refractivity contribution in [1.82, 2.24) is 5.32 Å². The lowest BCUT2D eigenvalue weighted by molar-refractivity contribution is 0.0516. The first-order valence-corrected chi connectivity index (χ1v) is 6.25. The van der Waals surface area contributed by atoms with Crippen LogP contribution in [0.1, 0.15) is 47.5 Å². The van der Waals surface area contributed by atoms with Crippen molar-refractivity contribution in [3.63, 3.8) is 0 Å². The lowest BCUT2D eigenvalue weighted by atomic mass is 9.98. The van der Waals surface area contributed by atoms with Crippen LogP contribution in [0.2, 0.25) is 0 Å². The summed E-state index contributed by atoms with van der Waals surface area (Å²) in [4.78, 5) is 11.5. The summed E-state index contributed by atoms with van der Waals surface area (Å²) >= 11 is 0. The number of amides is 1. The van der Waals surface area contributed by atoms with Crippen molar-refractivity contribution in [2.75, 3.05) is 6.54 Å². The molecule has 1 aliphatic rings. The van der Waals surface area contributed by atoms with Gasteiger partial charge in [-0.25, -0.2) is 4.79 Å². The molecule has 94 valence electrons. The Morgan fingerprint density at radius 3 is 2.38 bits per heavy atom. The number of hydrogen-bond donors (Lipinski definition) is 1. The molecule has 0 spiro atoms. The Bertz CT molecular complexity index is 245. The summed E-state index contributed by atoms with van der Waals surface area (Å²) in [7, 11) is 0. The molecule has 1 rings (SSSR count). The van der Waals surface area contributed by atoms with Crippen LogP contribution < -0.4 is 5.32 Å². The van der Waals surface area contributed by atoms with Crippen LogP contribution >= 0.6 is 0 Å². The predicted octanol–water partition coefficient (Wildman–Crippen LogP) is 3.19. The van der Waals surface area contributed by atoms with Crippen LogP contribution in [-0.2, 0) is 4.74 Å². The minimum absolute atomic E-state index is 0.292. The smallest absolute Gasteiger partial charge is 0.407 e. The van der Waals surface area contributed by atoms with Gasteiger partial charge < -0.3 is 10.1 Å². The SMILES string of the molecule is CC1CC(C)C(CNC(=O)OC(C)(C)C)C1. The van der Waals surface area contributed by atoms with Crippen molar-refractivity contribution in [3.05, 3.63) is 0 Å². The first-order valence-electron chi connectivity index (χ1n) is 6.25. The van der Waals surface area contributed by atoms with E-state index in [-0.39, 0.29) is 6.09 Å². The zero-order valence-electron chi connectivity index (χ0n) is 11.2. The highest BCUT2D eigenvalue weighted by molar-refractivity contribution is 5.67. The summed E-state index contributed by atoms with van der Waals surface area (Å²) in [5, 5.41) is 2.87. The van der Waals surface area contributed by atoms with Crippen molar-refractivity contribution in [2.24, 2.45) is 17.8 Å². The molecule has 1 N–H and O–H groups in total. The molecule has 0 bridgehead atoms. The minimum Gasteiger partial charge on any atom is -0.444 e. The summed E-state index contributed by atoms with van der Waals surface area (Å²) in [5.41, 5.74) is -0.404. The van der Waals surface area contributed by atoms with E-state index in [0.29, 0.717) is 11.8 Å². The van der Waals surface area contributed by atoms with Crippen molar-refractivity contribution < 1.29 is 9.53 Å². The second-order valence-corrected chi connectivity index (χ2v) is 6.20. The number of alkyl carbamates (subject to hydrolysis) is 1. The maximum Gasteiger partial charge on any atom is 0.407 e. The van der Waals surface area contributed by atoms with E-state index in [9.17, 15) is 4.79 Å². The predicted molar refractivity (Wildman–Crippen MR) is 65.3 cm³/mol. The van der Waals surface area contributed by atoms with E-state index in [1.807, 2.05) is 20.8 Å². The highest BCUT2D eigenvalue weighted by Gasteiger charge is 2.29. The maximum atomic E-state index is 11.5. The molecule has 0 aromatic rings. The van der Waals surface area contributed by atoms with Gasteiger partial charge in [0.25, 0.3) is 0 Å². The average molecular weight is 227 g/mol. The fourth-order valence-electron chi connectivity index (χ4n) is 2.49. The molecule has 1 saturated carbocycles. The summed E-state index contributed by atoms with van der Waals surface area (Å²) in [6.07, 6.45) is 2.21. The fraction of sp³-hybridized carbons (Fsp3) is 0.923. The third kappa shape index (κ3) is 4.42. The van der Waals surface area contributed by atoms with Gasteiger partial charge in [-0.05, 0) is 51.4 Å². The summed E-state index contributed by atoms with van der Waals surface area (Å²) in [6.45, 7) is 10.9. The zero-order valence-corrected chi connectivity index (χ0v) is 11.2. The average Bonchev–Trinajstić information content (AvgIpc) is 2.38. The van der Waals surface area contributed by atoms with E-state index in [0.717, 1.165) is 12.5 Å². The number of carbonyl (C=O) groups is 1. The molecule has 1 amide bonds. The Hall–Kier alpha value is -0.730. The van der Waals surface area contributed by atoms with Crippen LogP contribution in [0.15, 0.2) is 0 Å². The summed E-state index contributed by atoms with van der Waals surface area (Å²) in [6, 6.07) is 0. The monoisotopic (exact) mass is 227 g/mol. The van der Waals surface area contributed by atoms with Gasteiger partial charge in [0.05, 0.1) is 0 Å². The van der Waals surface area contributed by atoms with Crippen molar-refractivity contribution in [2.45, 2.75) is 53.1 Å². The molecule has 3 atom stereocenters. The third-order valence-corrected chi connectivity index (χ3v) is 3.19. The molecule has 1 aliphatic carbocycles. The van der Waals surface area contributed by atoms with Crippen molar-refractivity contribution in [1.29, 1.82) is 0 Å². The van der Waals surface area contributed by atoms with Crippen LogP contribution in [0, 0.1) is 17.8 Å². The van der Waals surface area contributed by atoms with Gasteiger partial charge in [-0.15, -0.1) is 0 Å². The Morgan fingerprint density at radius 1 is 1.31 bits per heavy atom. The second kappa shape index (κ2) is 5.07. The van der Waals surface area contributed by atoms with Crippen molar-refractivity contribution in [3.8, 4) is 0 Å². The Balaban J connectivity index is 2.27. The van der Waals surface area contributed by atoms with Gasteiger partial charge in [0.1, 0.15) is 5.60 Å². The molecule has 0 aromatic carbocycles. The molecule has 16 heavy (non-hydrogen) atoms. The van der Waals surface area contributed by atoms with Gasteiger partial charge in [-0.2, -0.15) is 0 Å². The quantitative estimate of drug-likeness (QED) is 0.786. The van der Waals surface area contributed by atoms with Crippen LogP contribution in [-0.4, -0.2) is 18.2 Å². The molecule has 0 aliphatic heterocycles. The maximum absolute atomic E-state index is 11.5. The van der Waals surface area contributed by atoms with E-state index in [2.05, 4.69) is 19.2 Å². The van der Waals surface area contributed by atoms with Gasteiger partial charge >= 0.3 is 6.09 Å². The third-order valence-electron chi connectivity index (χ3n) is 3.19.